The predicted octanol–water partition coefficient (Wildman–Crippen LogP) is 2.94. The van der Waals surface area contributed by atoms with E-state index in [1.807, 2.05) is 68.4 Å². The molecule has 1 fully saturated rings. The Morgan fingerprint density at radius 2 is 1.75 bits per heavy atom. The molecule has 1 aliphatic carbocycles. The monoisotopic (exact) mass is 569 g/mol. The number of fused-ring (bicyclic) bond motifs is 1. The summed E-state index contributed by atoms with van der Waals surface area (Å²) in [5.74, 6) is -0.881. The van der Waals surface area contributed by atoms with Crippen molar-refractivity contribution in [3.8, 4) is 0 Å². The Balaban J connectivity index is 1.54. The van der Waals surface area contributed by atoms with Crippen LogP contribution in [-0.2, 0) is 27.2 Å². The summed E-state index contributed by atoms with van der Waals surface area (Å²) in [4.78, 5) is 41.5. The molecule has 0 radical (unpaired) electrons. The number of aliphatic hydroxyl groups excluding tert-OH is 2. The Bertz CT molecular complexity index is 1230. The highest BCUT2D eigenvalue weighted by atomic mass is 32.2. The molecular weight excluding hydrogens is 530 g/mol. The molecule has 2 aliphatic rings. The number of benzene rings is 2. The van der Waals surface area contributed by atoms with E-state index in [-0.39, 0.29) is 12.3 Å². The first-order valence-corrected chi connectivity index (χ1v) is 14.5. The van der Waals surface area contributed by atoms with Crippen LogP contribution in [0.4, 0.5) is 4.79 Å². The summed E-state index contributed by atoms with van der Waals surface area (Å²) < 4.78 is 4.73. The molecule has 0 saturated carbocycles. The summed E-state index contributed by atoms with van der Waals surface area (Å²) in [6.45, 7) is 8.94. The summed E-state index contributed by atoms with van der Waals surface area (Å²) >= 11 is 1.43. The fourth-order valence-corrected chi connectivity index (χ4v) is 6.44. The Morgan fingerprint density at radius 1 is 1.10 bits per heavy atom. The van der Waals surface area contributed by atoms with Crippen LogP contribution >= 0.6 is 11.8 Å². The van der Waals surface area contributed by atoms with Crippen molar-refractivity contribution in [1.29, 1.82) is 0 Å². The van der Waals surface area contributed by atoms with Crippen molar-refractivity contribution in [2.24, 2.45) is 0 Å². The fraction of sp³-hybridized carbons (Fsp3) is 0.500. The molecule has 4 rings (SSSR count). The van der Waals surface area contributed by atoms with Gasteiger partial charge in [0.15, 0.2) is 6.10 Å². The average Bonchev–Trinajstić information content (AvgIpc) is 3.37. The number of carbonyl (C=O) groups excluding carboxylic acids is 3. The Hall–Kier alpha value is -3.08. The lowest BCUT2D eigenvalue weighted by molar-refractivity contribution is -0.147. The fourth-order valence-electron chi connectivity index (χ4n) is 5.30. The number of aliphatic hydroxyl groups is 2. The number of hydrogen-bond acceptors (Lipinski definition) is 7. The van der Waals surface area contributed by atoms with E-state index >= 15 is 0 Å². The van der Waals surface area contributed by atoms with Crippen LogP contribution < -0.4 is 10.6 Å². The van der Waals surface area contributed by atoms with Crippen LogP contribution in [0, 0.1) is 0 Å². The van der Waals surface area contributed by atoms with Crippen LogP contribution in [0.3, 0.4) is 0 Å². The van der Waals surface area contributed by atoms with Gasteiger partial charge in [-0.3, -0.25) is 9.59 Å². The lowest BCUT2D eigenvalue weighted by Crippen LogP contribution is -2.59. The van der Waals surface area contributed by atoms with E-state index in [2.05, 4.69) is 10.6 Å². The third kappa shape index (κ3) is 6.79. The number of thioether (sulfide) groups is 1. The van der Waals surface area contributed by atoms with Gasteiger partial charge in [-0.05, 0) is 57.7 Å². The molecule has 1 heterocycles. The summed E-state index contributed by atoms with van der Waals surface area (Å²) in [7, 11) is 0. The number of rotatable bonds is 7. The number of ether oxygens (including phenoxy) is 1. The van der Waals surface area contributed by atoms with Gasteiger partial charge in [-0.15, -0.1) is 11.8 Å². The highest BCUT2D eigenvalue weighted by Gasteiger charge is 2.50. The Morgan fingerprint density at radius 3 is 2.42 bits per heavy atom. The molecule has 3 amide bonds. The van der Waals surface area contributed by atoms with Crippen LogP contribution in [0.1, 0.15) is 57.4 Å². The maximum absolute atomic E-state index is 13.8. The van der Waals surface area contributed by atoms with E-state index in [1.54, 1.807) is 20.8 Å². The van der Waals surface area contributed by atoms with E-state index in [9.17, 15) is 24.6 Å². The molecule has 1 saturated heterocycles. The zero-order chi connectivity index (χ0) is 29.2. The summed E-state index contributed by atoms with van der Waals surface area (Å²) in [6.07, 6.45) is -2.54. The van der Waals surface area contributed by atoms with Gasteiger partial charge in [0, 0.05) is 11.2 Å². The normalized spacial score (nSPS) is 23.2. The van der Waals surface area contributed by atoms with Gasteiger partial charge in [-0.25, -0.2) is 4.79 Å². The lowest BCUT2D eigenvalue weighted by atomic mass is 9.96. The van der Waals surface area contributed by atoms with E-state index in [0.717, 1.165) is 16.7 Å². The van der Waals surface area contributed by atoms with Crippen LogP contribution in [0.25, 0.3) is 0 Å². The number of nitrogens with one attached hydrogen (secondary N) is 2. The quantitative estimate of drug-likeness (QED) is 0.404. The largest absolute Gasteiger partial charge is 0.444 e. The number of nitrogens with zero attached hydrogens (tertiary/aromatic N) is 1. The first-order chi connectivity index (χ1) is 18.8. The minimum Gasteiger partial charge on any atom is -0.444 e. The van der Waals surface area contributed by atoms with Gasteiger partial charge < -0.3 is 30.5 Å². The summed E-state index contributed by atoms with van der Waals surface area (Å²) in [5, 5.41) is 27.6. The van der Waals surface area contributed by atoms with Gasteiger partial charge in [0.2, 0.25) is 5.91 Å². The van der Waals surface area contributed by atoms with Gasteiger partial charge >= 0.3 is 6.09 Å². The zero-order valence-electron chi connectivity index (χ0n) is 23.6. The standard InChI is InChI=1S/C30H39N3O6S/c1-29(2,3)39-28(38)31-21(15-18-11-7-6-8-12-18)24(35)27(37)33-17-40-30(4,5)25(33)26(36)32-23-20-14-10-9-13-19(20)16-22(23)34/h6-14,21-25,34-35H,15-17H2,1-5H3,(H,31,38)(H,32,36)/t21-,22+,23-,24-,25+/m0/s1. The van der Waals surface area contributed by atoms with Crippen molar-refractivity contribution in [1.82, 2.24) is 15.5 Å². The molecule has 40 heavy (non-hydrogen) atoms. The van der Waals surface area contributed by atoms with Crippen molar-refractivity contribution >= 4 is 29.7 Å². The number of alkyl carbamates (subject to hydrolysis) is 1. The predicted molar refractivity (Wildman–Crippen MR) is 154 cm³/mol. The second-order valence-corrected chi connectivity index (χ2v) is 13.5. The van der Waals surface area contributed by atoms with Gasteiger partial charge in [0.1, 0.15) is 11.6 Å². The molecule has 10 heteroatoms. The summed E-state index contributed by atoms with van der Waals surface area (Å²) in [5.41, 5.74) is 1.88. The molecule has 5 atom stereocenters. The van der Waals surface area contributed by atoms with Gasteiger partial charge in [0.25, 0.3) is 5.91 Å². The number of amides is 3. The molecule has 4 N–H and O–H groups in total. The van der Waals surface area contributed by atoms with E-state index in [1.165, 1.54) is 16.7 Å². The molecule has 0 spiro atoms. The second kappa shape index (κ2) is 11.8. The molecule has 216 valence electrons. The van der Waals surface area contributed by atoms with E-state index in [4.69, 9.17) is 4.74 Å². The SMILES string of the molecule is CC(C)(C)OC(=O)N[C@@H](Cc1ccccc1)[C@H](O)C(=O)N1CSC(C)(C)[C@H]1C(=O)N[C@H]1c2ccccc2C[C@H]1O. The molecule has 0 unspecified atom stereocenters. The van der Waals surface area contributed by atoms with Crippen molar-refractivity contribution in [3.05, 3.63) is 71.3 Å². The summed E-state index contributed by atoms with van der Waals surface area (Å²) in [6, 6.07) is 14.3. The van der Waals surface area contributed by atoms with Crippen molar-refractivity contribution in [3.63, 3.8) is 0 Å². The van der Waals surface area contributed by atoms with Crippen LogP contribution in [0.5, 0.6) is 0 Å². The van der Waals surface area contributed by atoms with Crippen molar-refractivity contribution in [2.45, 2.75) is 88.1 Å². The van der Waals surface area contributed by atoms with Crippen LogP contribution in [0.2, 0.25) is 0 Å². The minimum atomic E-state index is -1.63. The smallest absolute Gasteiger partial charge is 0.407 e. The molecule has 1 aliphatic heterocycles. The minimum absolute atomic E-state index is 0.180. The molecule has 2 aromatic rings. The van der Waals surface area contributed by atoms with Crippen molar-refractivity contribution < 1.29 is 29.3 Å². The third-order valence-electron chi connectivity index (χ3n) is 7.21. The lowest BCUT2D eigenvalue weighted by Gasteiger charge is -2.34. The third-order valence-corrected chi connectivity index (χ3v) is 8.59. The maximum Gasteiger partial charge on any atom is 0.407 e. The highest BCUT2D eigenvalue weighted by Crippen LogP contribution is 2.41. The maximum atomic E-state index is 13.8. The van der Waals surface area contributed by atoms with E-state index < -0.39 is 58.6 Å². The molecule has 9 nitrogen and oxygen atoms in total. The van der Waals surface area contributed by atoms with E-state index in [0.29, 0.717) is 6.42 Å². The van der Waals surface area contributed by atoms with Crippen LogP contribution in [0.15, 0.2) is 54.6 Å². The van der Waals surface area contributed by atoms with Crippen molar-refractivity contribution in [2.75, 3.05) is 5.88 Å². The van der Waals surface area contributed by atoms with Gasteiger partial charge in [0.05, 0.1) is 24.1 Å². The first-order valence-electron chi connectivity index (χ1n) is 13.5. The van der Waals surface area contributed by atoms with Gasteiger partial charge in [-0.2, -0.15) is 0 Å². The van der Waals surface area contributed by atoms with Crippen LogP contribution in [-0.4, -0.2) is 73.5 Å². The molecule has 0 aromatic heterocycles. The zero-order valence-corrected chi connectivity index (χ0v) is 24.4. The molecule has 0 bridgehead atoms. The molecular formula is C30H39N3O6S. The highest BCUT2D eigenvalue weighted by molar-refractivity contribution is 8.00. The number of hydrogen-bond donors (Lipinski definition) is 4. The topological polar surface area (TPSA) is 128 Å². The van der Waals surface area contributed by atoms with Gasteiger partial charge in [-0.1, -0.05) is 54.6 Å². The molecule has 2 aromatic carbocycles. The Kier molecular flexibility index (Phi) is 8.82. The number of carbonyl (C=O) groups is 3. The second-order valence-electron chi connectivity index (χ2n) is 11.9. The average molecular weight is 570 g/mol. The Labute approximate surface area is 239 Å². The first kappa shape index (κ1) is 29.9.